The molecule has 0 saturated heterocycles. The molecule has 1 aliphatic carbocycles. The average molecular weight is 322 g/mol. The van der Waals surface area contributed by atoms with Crippen LogP contribution in [0.1, 0.15) is 65.0 Å². The van der Waals surface area contributed by atoms with Crippen LogP contribution < -0.4 is 10.6 Å². The fourth-order valence-electron chi connectivity index (χ4n) is 3.06. The molecule has 6 heteroatoms. The van der Waals surface area contributed by atoms with Gasteiger partial charge in [0.2, 0.25) is 0 Å². The third-order valence-corrected chi connectivity index (χ3v) is 4.11. The van der Waals surface area contributed by atoms with Crippen molar-refractivity contribution in [3.63, 3.8) is 0 Å². The minimum atomic E-state index is -0.453. The van der Waals surface area contributed by atoms with E-state index in [4.69, 9.17) is 4.74 Å². The minimum Gasteiger partial charge on any atom is -0.444 e. The van der Waals surface area contributed by atoms with Crippen LogP contribution in [-0.2, 0) is 11.8 Å². The fraction of sp³-hybridized carbons (Fsp3) is 0.765. The van der Waals surface area contributed by atoms with Gasteiger partial charge in [-0.2, -0.15) is 5.10 Å². The highest BCUT2D eigenvalue weighted by Crippen LogP contribution is 2.22. The Kier molecular flexibility index (Phi) is 5.68. The first-order chi connectivity index (χ1) is 10.7. The smallest absolute Gasteiger partial charge is 0.407 e. The molecule has 1 aliphatic rings. The van der Waals surface area contributed by atoms with Crippen LogP contribution >= 0.6 is 0 Å². The number of ether oxygens (including phenoxy) is 1. The molecule has 1 aromatic rings. The molecule has 0 radical (unpaired) electrons. The summed E-state index contributed by atoms with van der Waals surface area (Å²) in [6.07, 6.45) is 7.81. The lowest BCUT2D eigenvalue weighted by atomic mass is 9.90. The van der Waals surface area contributed by atoms with E-state index in [1.54, 1.807) is 0 Å². The standard InChI is InChI=1S/C17H30N4O2/c1-12(13-10-18-21(5)11-13)19-14-7-6-8-15(9-14)20-16(22)23-17(2,3)4/h10-12,14-15,19H,6-9H2,1-5H3,(H,20,22)/t12-,14-,15-/m0/s1. The van der Waals surface area contributed by atoms with Gasteiger partial charge in [0.15, 0.2) is 0 Å². The number of aryl methyl sites for hydroxylation is 1. The van der Waals surface area contributed by atoms with Crippen molar-refractivity contribution in [2.45, 2.75) is 77.1 Å². The van der Waals surface area contributed by atoms with Crippen molar-refractivity contribution in [2.75, 3.05) is 0 Å². The molecule has 0 aliphatic heterocycles. The van der Waals surface area contributed by atoms with E-state index in [0.29, 0.717) is 6.04 Å². The summed E-state index contributed by atoms with van der Waals surface area (Å²) >= 11 is 0. The van der Waals surface area contributed by atoms with E-state index in [0.717, 1.165) is 25.7 Å². The molecular weight excluding hydrogens is 292 g/mol. The fourth-order valence-corrected chi connectivity index (χ4v) is 3.06. The highest BCUT2D eigenvalue weighted by atomic mass is 16.6. The highest BCUT2D eigenvalue weighted by molar-refractivity contribution is 5.68. The Labute approximate surface area is 139 Å². The molecule has 1 saturated carbocycles. The van der Waals surface area contributed by atoms with E-state index in [1.165, 1.54) is 5.56 Å². The van der Waals surface area contributed by atoms with Gasteiger partial charge in [0.05, 0.1) is 6.20 Å². The zero-order valence-electron chi connectivity index (χ0n) is 14.9. The molecule has 1 aromatic heterocycles. The first kappa shape index (κ1) is 17.8. The number of hydrogen-bond donors (Lipinski definition) is 2. The minimum absolute atomic E-state index is 0.178. The molecule has 2 rings (SSSR count). The van der Waals surface area contributed by atoms with Gasteiger partial charge in [0.25, 0.3) is 0 Å². The van der Waals surface area contributed by atoms with Gasteiger partial charge in [0.1, 0.15) is 5.60 Å². The molecule has 0 bridgehead atoms. The summed E-state index contributed by atoms with van der Waals surface area (Å²) in [5.41, 5.74) is 0.736. The van der Waals surface area contributed by atoms with Crippen LogP contribution in [0.15, 0.2) is 12.4 Å². The number of hydrogen-bond acceptors (Lipinski definition) is 4. The van der Waals surface area contributed by atoms with E-state index < -0.39 is 5.60 Å². The summed E-state index contributed by atoms with van der Waals surface area (Å²) in [4.78, 5) is 11.9. The molecule has 2 N–H and O–H groups in total. The summed E-state index contributed by atoms with van der Waals surface area (Å²) in [6, 6.07) is 0.838. The quantitative estimate of drug-likeness (QED) is 0.894. The number of rotatable bonds is 4. The van der Waals surface area contributed by atoms with Gasteiger partial charge in [-0.1, -0.05) is 0 Å². The second-order valence-electron chi connectivity index (χ2n) is 7.54. The third kappa shape index (κ3) is 5.86. The van der Waals surface area contributed by atoms with Crippen molar-refractivity contribution in [1.82, 2.24) is 20.4 Å². The summed E-state index contributed by atoms with van der Waals surface area (Å²) in [5.74, 6) is 0. The second kappa shape index (κ2) is 7.34. The lowest BCUT2D eigenvalue weighted by molar-refractivity contribution is 0.0488. The van der Waals surface area contributed by atoms with E-state index >= 15 is 0 Å². The van der Waals surface area contributed by atoms with Crippen LogP contribution in [0.2, 0.25) is 0 Å². The lowest BCUT2D eigenvalue weighted by Gasteiger charge is -2.32. The molecule has 0 unspecified atom stereocenters. The molecule has 6 nitrogen and oxygen atoms in total. The van der Waals surface area contributed by atoms with Crippen LogP contribution in [0.25, 0.3) is 0 Å². The SMILES string of the molecule is C[C@H](N[C@H]1CCC[C@H](NC(=O)OC(C)(C)C)C1)c1cnn(C)c1. The first-order valence-corrected chi connectivity index (χ1v) is 8.47. The van der Waals surface area contributed by atoms with E-state index in [-0.39, 0.29) is 18.2 Å². The van der Waals surface area contributed by atoms with Crippen LogP contribution in [0.5, 0.6) is 0 Å². The Morgan fingerprint density at radius 1 is 1.39 bits per heavy atom. The zero-order valence-corrected chi connectivity index (χ0v) is 14.9. The van der Waals surface area contributed by atoms with Crippen molar-refractivity contribution in [1.29, 1.82) is 0 Å². The Morgan fingerprint density at radius 2 is 2.09 bits per heavy atom. The van der Waals surface area contributed by atoms with E-state index in [9.17, 15) is 4.79 Å². The Morgan fingerprint density at radius 3 is 2.70 bits per heavy atom. The predicted molar refractivity (Wildman–Crippen MR) is 90.2 cm³/mol. The number of amides is 1. The van der Waals surface area contributed by atoms with Crippen molar-refractivity contribution in [3.8, 4) is 0 Å². The number of nitrogens with one attached hydrogen (secondary N) is 2. The zero-order chi connectivity index (χ0) is 17.0. The molecule has 0 spiro atoms. The summed E-state index contributed by atoms with van der Waals surface area (Å²) in [7, 11) is 1.93. The van der Waals surface area contributed by atoms with Crippen molar-refractivity contribution >= 4 is 6.09 Å². The van der Waals surface area contributed by atoms with Crippen molar-refractivity contribution < 1.29 is 9.53 Å². The maximum atomic E-state index is 11.9. The first-order valence-electron chi connectivity index (χ1n) is 8.47. The highest BCUT2D eigenvalue weighted by Gasteiger charge is 2.26. The molecule has 130 valence electrons. The van der Waals surface area contributed by atoms with Gasteiger partial charge >= 0.3 is 6.09 Å². The largest absolute Gasteiger partial charge is 0.444 e. The number of carbonyl (C=O) groups excluding carboxylic acids is 1. The Bertz CT molecular complexity index is 521. The number of alkyl carbamates (subject to hydrolysis) is 1. The van der Waals surface area contributed by atoms with Crippen LogP contribution in [0, 0.1) is 0 Å². The van der Waals surface area contributed by atoms with Crippen LogP contribution in [0.4, 0.5) is 4.79 Å². The van der Waals surface area contributed by atoms with Crippen LogP contribution in [0.3, 0.4) is 0 Å². The molecule has 3 atom stereocenters. The van der Waals surface area contributed by atoms with Crippen molar-refractivity contribution in [3.05, 3.63) is 18.0 Å². The molecule has 0 aromatic carbocycles. The maximum Gasteiger partial charge on any atom is 0.407 e. The number of carbonyl (C=O) groups is 1. The van der Waals surface area contributed by atoms with Crippen LogP contribution in [-0.4, -0.2) is 33.6 Å². The summed E-state index contributed by atoms with van der Waals surface area (Å²) in [6.45, 7) is 7.80. The molecule has 1 heterocycles. The van der Waals surface area contributed by atoms with Gasteiger partial charge in [-0.3, -0.25) is 4.68 Å². The second-order valence-corrected chi connectivity index (χ2v) is 7.54. The molecule has 1 fully saturated rings. The Balaban J connectivity index is 1.82. The summed E-state index contributed by atoms with van der Waals surface area (Å²) < 4.78 is 7.17. The van der Waals surface area contributed by atoms with Gasteiger partial charge in [-0.25, -0.2) is 4.79 Å². The van der Waals surface area contributed by atoms with Gasteiger partial charge in [-0.05, 0) is 53.4 Å². The van der Waals surface area contributed by atoms with E-state index in [1.807, 2.05) is 44.9 Å². The van der Waals surface area contributed by atoms with Crippen molar-refractivity contribution in [2.24, 2.45) is 7.05 Å². The number of nitrogens with zero attached hydrogens (tertiary/aromatic N) is 2. The maximum absolute atomic E-state index is 11.9. The topological polar surface area (TPSA) is 68.2 Å². The average Bonchev–Trinajstić information content (AvgIpc) is 2.83. The van der Waals surface area contributed by atoms with Gasteiger partial charge in [-0.15, -0.1) is 0 Å². The normalized spacial score (nSPS) is 23.3. The number of aromatic nitrogens is 2. The van der Waals surface area contributed by atoms with Gasteiger partial charge < -0.3 is 15.4 Å². The molecule has 1 amide bonds. The van der Waals surface area contributed by atoms with E-state index in [2.05, 4.69) is 22.7 Å². The Hall–Kier alpha value is -1.56. The monoisotopic (exact) mass is 322 g/mol. The third-order valence-electron chi connectivity index (χ3n) is 4.11. The lowest BCUT2D eigenvalue weighted by Crippen LogP contribution is -2.46. The van der Waals surface area contributed by atoms with Gasteiger partial charge in [0, 0.05) is 36.9 Å². The summed E-state index contributed by atoms with van der Waals surface area (Å²) in [5, 5.41) is 10.9. The molecule has 23 heavy (non-hydrogen) atoms. The molecular formula is C17H30N4O2. The predicted octanol–water partition coefficient (Wildman–Crippen LogP) is 2.91.